The molecule has 37 heavy (non-hydrogen) atoms. The van der Waals surface area contributed by atoms with Crippen LogP contribution in [0.1, 0.15) is 62.1 Å². The first-order chi connectivity index (χ1) is 18.0. The number of imidazole rings is 1. The molecule has 1 aliphatic heterocycles. The Morgan fingerprint density at radius 1 is 0.919 bits per heavy atom. The lowest BCUT2D eigenvalue weighted by Crippen LogP contribution is -2.57. The van der Waals surface area contributed by atoms with Gasteiger partial charge in [0.25, 0.3) is 0 Å². The first-order valence-corrected chi connectivity index (χ1v) is 13.3. The third-order valence-corrected chi connectivity index (χ3v) is 8.48. The Balaban J connectivity index is 1.84. The fourth-order valence-electron chi connectivity index (χ4n) is 7.13. The minimum atomic E-state index is -0.903. The van der Waals surface area contributed by atoms with Crippen LogP contribution in [0.3, 0.4) is 0 Å². The van der Waals surface area contributed by atoms with Crippen LogP contribution in [0, 0.1) is 5.41 Å². The Bertz CT molecular complexity index is 1360. The first-order valence-electron chi connectivity index (χ1n) is 13.3. The number of likely N-dealkylation sites (tertiary alicyclic amines) is 1. The summed E-state index contributed by atoms with van der Waals surface area (Å²) in [6.45, 7) is 5.13. The molecule has 1 amide bonds. The predicted molar refractivity (Wildman–Crippen MR) is 147 cm³/mol. The van der Waals surface area contributed by atoms with Gasteiger partial charge in [-0.3, -0.25) is 4.57 Å². The van der Waals surface area contributed by atoms with Crippen LogP contribution in [0.2, 0.25) is 0 Å². The highest BCUT2D eigenvalue weighted by molar-refractivity contribution is 5.75. The van der Waals surface area contributed by atoms with E-state index in [2.05, 4.69) is 67.4 Å². The smallest absolute Gasteiger partial charge is 0.407 e. The van der Waals surface area contributed by atoms with Crippen LogP contribution in [-0.2, 0) is 0 Å². The topological polar surface area (TPSA) is 78.3 Å². The number of aromatic nitrogens is 2. The summed E-state index contributed by atoms with van der Waals surface area (Å²) in [5, 5.41) is 10.2. The number of fused-ring (bicyclic) bond motifs is 1. The van der Waals surface area contributed by atoms with Gasteiger partial charge in [0, 0.05) is 24.5 Å². The molecular weight excluding hydrogens is 462 g/mol. The summed E-state index contributed by atoms with van der Waals surface area (Å²) in [6.07, 6.45) is 1.32. The van der Waals surface area contributed by atoms with Crippen molar-refractivity contribution >= 4 is 17.1 Å². The summed E-state index contributed by atoms with van der Waals surface area (Å²) in [5.41, 5.74) is 3.36. The van der Waals surface area contributed by atoms with E-state index >= 15 is 0 Å². The maximum atomic E-state index is 13.6. The molecule has 6 nitrogen and oxygen atoms in total. The van der Waals surface area contributed by atoms with Crippen LogP contribution in [0.15, 0.2) is 89.7 Å². The number of H-pyrrole nitrogens is 1. The minimum absolute atomic E-state index is 0.0339. The summed E-state index contributed by atoms with van der Waals surface area (Å²) < 4.78 is 1.94. The lowest BCUT2D eigenvalue weighted by Gasteiger charge is -2.56. The van der Waals surface area contributed by atoms with Crippen molar-refractivity contribution in [3.05, 3.63) is 107 Å². The molecule has 6 heteroatoms. The van der Waals surface area contributed by atoms with Crippen LogP contribution < -0.4 is 5.69 Å². The van der Waals surface area contributed by atoms with Gasteiger partial charge in [0.2, 0.25) is 0 Å². The van der Waals surface area contributed by atoms with Gasteiger partial charge in [-0.2, -0.15) is 0 Å². The van der Waals surface area contributed by atoms with E-state index in [4.69, 9.17) is 0 Å². The number of amides is 1. The summed E-state index contributed by atoms with van der Waals surface area (Å²) >= 11 is 0. The number of benzene rings is 3. The van der Waals surface area contributed by atoms with Crippen LogP contribution >= 0.6 is 0 Å². The average Bonchev–Trinajstić information content (AvgIpc) is 3.26. The number of nitrogens with zero attached hydrogens (tertiary/aromatic N) is 2. The van der Waals surface area contributed by atoms with Crippen molar-refractivity contribution in [1.82, 2.24) is 14.5 Å². The maximum Gasteiger partial charge on any atom is 0.407 e. The van der Waals surface area contributed by atoms with E-state index in [0.29, 0.717) is 19.5 Å². The molecule has 4 aromatic rings. The van der Waals surface area contributed by atoms with E-state index in [9.17, 15) is 14.7 Å². The fraction of sp³-hybridized carbons (Fsp3) is 0.355. The lowest BCUT2D eigenvalue weighted by molar-refractivity contribution is -0.00939. The third-order valence-electron chi connectivity index (χ3n) is 8.48. The van der Waals surface area contributed by atoms with Crippen molar-refractivity contribution in [3.8, 4) is 0 Å². The van der Waals surface area contributed by atoms with Crippen LogP contribution in [0.4, 0.5) is 4.79 Å². The van der Waals surface area contributed by atoms with Crippen LogP contribution in [-0.4, -0.2) is 38.7 Å². The molecule has 1 fully saturated rings. The van der Waals surface area contributed by atoms with Gasteiger partial charge in [0.1, 0.15) is 0 Å². The number of carboxylic acid groups (broad SMARTS) is 1. The Kier molecular flexibility index (Phi) is 6.92. The lowest BCUT2D eigenvalue weighted by atomic mass is 9.55. The Morgan fingerprint density at radius 2 is 1.46 bits per heavy atom. The van der Waals surface area contributed by atoms with Gasteiger partial charge in [0.05, 0.1) is 11.0 Å². The van der Waals surface area contributed by atoms with Gasteiger partial charge >= 0.3 is 11.8 Å². The van der Waals surface area contributed by atoms with Crippen molar-refractivity contribution in [3.63, 3.8) is 0 Å². The standard InChI is InChI=1S/C31H35N3O3/c1-3-24(22-13-7-5-8-14-22)31(25(4-2)23-15-9-6-10-16-23)21-33(30(36)37)20-19-28(31)34-27-18-12-11-17-26(27)32-29(34)35/h5-18,24-25,28H,3-4,19-21H2,1-2H3,(H,32,35)(H,36,37). The Hall–Kier alpha value is -3.80. The molecule has 0 aliphatic carbocycles. The number of aromatic amines is 1. The van der Waals surface area contributed by atoms with E-state index < -0.39 is 11.5 Å². The fourth-order valence-corrected chi connectivity index (χ4v) is 7.13. The van der Waals surface area contributed by atoms with Gasteiger partial charge in [-0.05, 0) is 54.4 Å². The summed E-state index contributed by atoms with van der Waals surface area (Å²) in [5.74, 6) is 0.0677. The molecule has 0 saturated carbocycles. The molecule has 3 unspecified atom stereocenters. The molecular formula is C31H35N3O3. The van der Waals surface area contributed by atoms with Crippen molar-refractivity contribution in [1.29, 1.82) is 0 Å². The second kappa shape index (κ2) is 10.3. The minimum Gasteiger partial charge on any atom is -0.465 e. The van der Waals surface area contributed by atoms with E-state index in [-0.39, 0.29) is 23.6 Å². The molecule has 2 heterocycles. The summed E-state index contributed by atoms with van der Waals surface area (Å²) in [7, 11) is 0. The SMILES string of the molecule is CCC(c1ccccc1)C1(C(CC)c2ccccc2)CN(C(=O)O)CCC1n1c(=O)[nH]c2ccccc21. The van der Waals surface area contributed by atoms with Crippen LogP contribution in [0.25, 0.3) is 11.0 Å². The van der Waals surface area contributed by atoms with Crippen molar-refractivity contribution < 1.29 is 9.90 Å². The first kappa shape index (κ1) is 24.9. The number of para-hydroxylation sites is 2. The van der Waals surface area contributed by atoms with Crippen molar-refractivity contribution in [2.75, 3.05) is 13.1 Å². The Morgan fingerprint density at radius 3 is 2.00 bits per heavy atom. The number of hydrogen-bond donors (Lipinski definition) is 2. The van der Waals surface area contributed by atoms with Gasteiger partial charge in [-0.1, -0.05) is 86.6 Å². The molecule has 2 N–H and O–H groups in total. The number of piperidine rings is 1. The van der Waals surface area contributed by atoms with Gasteiger partial charge in [0.15, 0.2) is 0 Å². The molecule has 192 valence electrons. The van der Waals surface area contributed by atoms with E-state index in [0.717, 1.165) is 23.9 Å². The van der Waals surface area contributed by atoms with E-state index in [1.807, 2.05) is 41.0 Å². The molecule has 3 aromatic carbocycles. The third kappa shape index (κ3) is 4.24. The number of rotatable bonds is 7. The zero-order valence-corrected chi connectivity index (χ0v) is 21.5. The highest BCUT2D eigenvalue weighted by Gasteiger charge is 2.55. The molecule has 0 radical (unpaired) electrons. The van der Waals surface area contributed by atoms with Crippen LogP contribution in [0.5, 0.6) is 0 Å². The second-order valence-corrected chi connectivity index (χ2v) is 10.2. The largest absolute Gasteiger partial charge is 0.465 e. The molecule has 1 aromatic heterocycles. The molecule has 5 rings (SSSR count). The average molecular weight is 498 g/mol. The maximum absolute atomic E-state index is 13.6. The van der Waals surface area contributed by atoms with Gasteiger partial charge < -0.3 is 15.0 Å². The summed E-state index contributed by atoms with van der Waals surface area (Å²) in [4.78, 5) is 30.7. The van der Waals surface area contributed by atoms with Crippen molar-refractivity contribution in [2.45, 2.75) is 51.0 Å². The van der Waals surface area contributed by atoms with E-state index in [1.165, 1.54) is 11.1 Å². The molecule has 0 bridgehead atoms. The second-order valence-electron chi connectivity index (χ2n) is 10.2. The zero-order chi connectivity index (χ0) is 26.0. The quantitative estimate of drug-likeness (QED) is 0.301. The molecule has 1 aliphatic rings. The Labute approximate surface area is 217 Å². The predicted octanol–water partition coefficient (Wildman–Crippen LogP) is 6.63. The highest BCUT2D eigenvalue weighted by atomic mass is 16.4. The van der Waals surface area contributed by atoms with Gasteiger partial charge in [-0.15, -0.1) is 0 Å². The number of nitrogens with one attached hydrogen (secondary N) is 1. The monoisotopic (exact) mass is 497 g/mol. The van der Waals surface area contributed by atoms with Crippen molar-refractivity contribution in [2.24, 2.45) is 5.41 Å². The zero-order valence-electron chi connectivity index (χ0n) is 21.5. The molecule has 1 saturated heterocycles. The molecule has 3 atom stereocenters. The normalized spacial score (nSPS) is 21.6. The van der Waals surface area contributed by atoms with E-state index in [1.54, 1.807) is 4.90 Å². The number of hydrogen-bond acceptors (Lipinski definition) is 2. The highest BCUT2D eigenvalue weighted by Crippen LogP contribution is 2.59. The number of carbonyl (C=O) groups is 1. The molecule has 0 spiro atoms. The summed E-state index contributed by atoms with van der Waals surface area (Å²) in [6, 6.07) is 28.5. The van der Waals surface area contributed by atoms with Gasteiger partial charge in [-0.25, -0.2) is 9.59 Å².